The molecular formula is C21H30F3N3O2. The van der Waals surface area contributed by atoms with Gasteiger partial charge in [0.05, 0.1) is 11.2 Å². The second-order valence-corrected chi connectivity index (χ2v) is 7.99. The van der Waals surface area contributed by atoms with Gasteiger partial charge in [0.2, 0.25) is 0 Å². The number of ether oxygens (including phenoxy) is 2. The van der Waals surface area contributed by atoms with E-state index in [1.165, 1.54) is 12.1 Å². The van der Waals surface area contributed by atoms with Crippen LogP contribution in [0.2, 0.25) is 0 Å². The average molecular weight is 413 g/mol. The molecule has 2 aliphatic rings. The van der Waals surface area contributed by atoms with Crippen molar-refractivity contribution in [1.29, 1.82) is 0 Å². The van der Waals surface area contributed by atoms with E-state index in [1.807, 2.05) is 0 Å². The summed E-state index contributed by atoms with van der Waals surface area (Å²) in [6.45, 7) is 2.47. The van der Waals surface area contributed by atoms with Crippen LogP contribution in [0.5, 0.6) is 0 Å². The SMILES string of the molecule is CN=C(NCC1(OC)CCOCC1)NCC1(c2cccc(C(F)(F)F)c2)CCC1. The third-order valence-electron chi connectivity index (χ3n) is 6.35. The Kier molecular flexibility index (Phi) is 6.73. The number of benzene rings is 1. The van der Waals surface area contributed by atoms with E-state index in [-0.39, 0.29) is 11.0 Å². The monoisotopic (exact) mass is 413 g/mol. The first-order chi connectivity index (χ1) is 13.8. The Bertz CT molecular complexity index is 711. The molecular weight excluding hydrogens is 383 g/mol. The maximum absolute atomic E-state index is 13.1. The van der Waals surface area contributed by atoms with E-state index in [4.69, 9.17) is 9.47 Å². The molecule has 5 nitrogen and oxygen atoms in total. The summed E-state index contributed by atoms with van der Waals surface area (Å²) in [5.41, 5.74) is -0.439. The molecule has 1 saturated heterocycles. The maximum Gasteiger partial charge on any atom is 0.416 e. The number of alkyl halides is 3. The van der Waals surface area contributed by atoms with Crippen LogP contribution in [0.4, 0.5) is 13.2 Å². The molecule has 0 radical (unpaired) electrons. The van der Waals surface area contributed by atoms with Crippen molar-refractivity contribution in [3.8, 4) is 0 Å². The molecule has 3 rings (SSSR count). The Morgan fingerprint density at radius 1 is 1.14 bits per heavy atom. The first-order valence-corrected chi connectivity index (χ1v) is 10.1. The third-order valence-corrected chi connectivity index (χ3v) is 6.35. The maximum atomic E-state index is 13.1. The van der Waals surface area contributed by atoms with Gasteiger partial charge in [0.25, 0.3) is 0 Å². The molecule has 0 atom stereocenters. The number of rotatable bonds is 6. The van der Waals surface area contributed by atoms with Crippen molar-refractivity contribution in [2.45, 2.75) is 49.3 Å². The van der Waals surface area contributed by atoms with Crippen LogP contribution in [0.15, 0.2) is 29.3 Å². The molecule has 0 bridgehead atoms. The molecule has 8 heteroatoms. The van der Waals surface area contributed by atoms with Gasteiger partial charge in [0.15, 0.2) is 5.96 Å². The minimum atomic E-state index is -4.33. The lowest BCUT2D eigenvalue weighted by Crippen LogP contribution is -2.53. The Morgan fingerprint density at radius 3 is 2.38 bits per heavy atom. The summed E-state index contributed by atoms with van der Waals surface area (Å²) >= 11 is 0. The van der Waals surface area contributed by atoms with Crippen molar-refractivity contribution < 1.29 is 22.6 Å². The van der Waals surface area contributed by atoms with Crippen molar-refractivity contribution in [3.63, 3.8) is 0 Å². The molecule has 1 saturated carbocycles. The summed E-state index contributed by atoms with van der Waals surface area (Å²) in [4.78, 5) is 4.28. The van der Waals surface area contributed by atoms with Gasteiger partial charge in [-0.05, 0) is 24.5 Å². The van der Waals surface area contributed by atoms with Crippen molar-refractivity contribution >= 4 is 5.96 Å². The summed E-state index contributed by atoms with van der Waals surface area (Å²) in [6.07, 6.45) is 0.0134. The summed E-state index contributed by atoms with van der Waals surface area (Å²) in [7, 11) is 3.40. The number of aliphatic imine (C=N–C) groups is 1. The van der Waals surface area contributed by atoms with E-state index in [0.717, 1.165) is 43.7 Å². The van der Waals surface area contributed by atoms with Gasteiger partial charge in [-0.2, -0.15) is 13.2 Å². The number of guanidine groups is 1. The molecule has 162 valence electrons. The number of nitrogens with zero attached hydrogens (tertiary/aromatic N) is 1. The van der Waals surface area contributed by atoms with Crippen molar-refractivity contribution in [2.75, 3.05) is 40.5 Å². The number of hydrogen-bond acceptors (Lipinski definition) is 3. The molecule has 0 spiro atoms. The fourth-order valence-electron chi connectivity index (χ4n) is 4.11. The smallest absolute Gasteiger partial charge is 0.381 e. The highest BCUT2D eigenvalue weighted by Gasteiger charge is 2.40. The quantitative estimate of drug-likeness (QED) is 0.554. The molecule has 1 aromatic rings. The van der Waals surface area contributed by atoms with Gasteiger partial charge in [0.1, 0.15) is 0 Å². The third kappa shape index (κ3) is 5.04. The molecule has 2 fully saturated rings. The molecule has 1 aliphatic carbocycles. The van der Waals surface area contributed by atoms with Gasteiger partial charge in [-0.3, -0.25) is 4.99 Å². The van der Waals surface area contributed by atoms with Gasteiger partial charge < -0.3 is 20.1 Å². The van der Waals surface area contributed by atoms with Crippen LogP contribution in [0, 0.1) is 0 Å². The number of halogens is 3. The molecule has 29 heavy (non-hydrogen) atoms. The number of hydrogen-bond donors (Lipinski definition) is 2. The predicted octanol–water partition coefficient (Wildman–Crippen LogP) is 3.49. The van der Waals surface area contributed by atoms with Crippen LogP contribution in [-0.4, -0.2) is 52.0 Å². The minimum Gasteiger partial charge on any atom is -0.381 e. The van der Waals surface area contributed by atoms with Crippen LogP contribution in [0.25, 0.3) is 0 Å². The Labute approximate surface area is 170 Å². The lowest BCUT2D eigenvalue weighted by Gasteiger charge is -2.43. The molecule has 0 aromatic heterocycles. The summed E-state index contributed by atoms with van der Waals surface area (Å²) in [5.74, 6) is 0.631. The molecule has 1 aliphatic heterocycles. The zero-order valence-electron chi connectivity index (χ0n) is 17.1. The van der Waals surface area contributed by atoms with Gasteiger partial charge in [0, 0.05) is 58.7 Å². The van der Waals surface area contributed by atoms with Crippen LogP contribution in [0.1, 0.15) is 43.2 Å². The van der Waals surface area contributed by atoms with E-state index in [0.29, 0.717) is 32.3 Å². The Hall–Kier alpha value is -1.80. The van der Waals surface area contributed by atoms with E-state index in [2.05, 4.69) is 15.6 Å². The molecule has 0 amide bonds. The largest absolute Gasteiger partial charge is 0.416 e. The fourth-order valence-corrected chi connectivity index (χ4v) is 4.11. The Balaban J connectivity index is 1.63. The normalized spacial score (nSPS) is 21.3. The zero-order chi connectivity index (χ0) is 21.0. The number of methoxy groups -OCH3 is 1. The summed E-state index contributed by atoms with van der Waals surface area (Å²) in [5, 5.41) is 6.64. The zero-order valence-corrected chi connectivity index (χ0v) is 17.1. The van der Waals surface area contributed by atoms with E-state index in [9.17, 15) is 13.2 Å². The van der Waals surface area contributed by atoms with Crippen molar-refractivity contribution in [1.82, 2.24) is 10.6 Å². The second kappa shape index (κ2) is 8.92. The van der Waals surface area contributed by atoms with Crippen LogP contribution >= 0.6 is 0 Å². The summed E-state index contributed by atoms with van der Waals surface area (Å²) < 4.78 is 50.5. The van der Waals surface area contributed by atoms with Crippen LogP contribution in [0.3, 0.4) is 0 Å². The lowest BCUT2D eigenvalue weighted by molar-refractivity contribution is -0.137. The second-order valence-electron chi connectivity index (χ2n) is 7.99. The highest BCUT2D eigenvalue weighted by molar-refractivity contribution is 5.79. The summed E-state index contributed by atoms with van der Waals surface area (Å²) in [6, 6.07) is 5.72. The molecule has 1 heterocycles. The number of nitrogens with one attached hydrogen (secondary N) is 2. The van der Waals surface area contributed by atoms with Crippen LogP contribution in [-0.2, 0) is 21.1 Å². The lowest BCUT2D eigenvalue weighted by atomic mass is 9.64. The van der Waals surface area contributed by atoms with Gasteiger partial charge >= 0.3 is 6.18 Å². The van der Waals surface area contributed by atoms with Gasteiger partial charge in [-0.25, -0.2) is 0 Å². The van der Waals surface area contributed by atoms with Crippen molar-refractivity contribution in [2.24, 2.45) is 4.99 Å². The molecule has 1 aromatic carbocycles. The highest BCUT2D eigenvalue weighted by atomic mass is 19.4. The molecule has 2 N–H and O–H groups in total. The van der Waals surface area contributed by atoms with Crippen molar-refractivity contribution in [3.05, 3.63) is 35.4 Å². The predicted molar refractivity (Wildman–Crippen MR) is 106 cm³/mol. The standard InChI is InChI=1S/C21H30F3N3O2/c1-25-18(27-15-20(28-2)9-11-29-12-10-20)26-14-19(7-4-8-19)16-5-3-6-17(13-16)21(22,23)24/h3,5-6,13H,4,7-12,14-15H2,1-2H3,(H2,25,26,27). The Morgan fingerprint density at radius 2 is 1.83 bits per heavy atom. The van der Waals surface area contributed by atoms with Gasteiger partial charge in [-0.15, -0.1) is 0 Å². The van der Waals surface area contributed by atoms with E-state index in [1.54, 1.807) is 20.2 Å². The topological polar surface area (TPSA) is 54.9 Å². The highest BCUT2D eigenvalue weighted by Crippen LogP contribution is 2.44. The first-order valence-electron chi connectivity index (χ1n) is 10.1. The van der Waals surface area contributed by atoms with E-state index >= 15 is 0 Å². The van der Waals surface area contributed by atoms with E-state index < -0.39 is 11.7 Å². The molecule has 0 unspecified atom stereocenters. The van der Waals surface area contributed by atoms with Crippen LogP contribution < -0.4 is 10.6 Å². The fraction of sp³-hybridized carbons (Fsp3) is 0.667. The van der Waals surface area contributed by atoms with Gasteiger partial charge in [-0.1, -0.05) is 24.6 Å². The average Bonchev–Trinajstić information content (AvgIpc) is 2.69. The minimum absolute atomic E-state index is 0.287. The first kappa shape index (κ1) is 21.9.